The predicted octanol–water partition coefficient (Wildman–Crippen LogP) is 3.84. The van der Waals surface area contributed by atoms with Gasteiger partial charge < -0.3 is 9.88 Å². The van der Waals surface area contributed by atoms with Crippen molar-refractivity contribution in [3.63, 3.8) is 0 Å². The van der Waals surface area contributed by atoms with Crippen LogP contribution >= 0.6 is 0 Å². The molecule has 3 nitrogen and oxygen atoms in total. The Morgan fingerprint density at radius 2 is 2.05 bits per heavy atom. The number of rotatable bonds is 3. The molecule has 19 heavy (non-hydrogen) atoms. The minimum absolute atomic E-state index is 0.396. The van der Waals surface area contributed by atoms with Gasteiger partial charge in [0.25, 0.3) is 0 Å². The molecule has 2 bridgehead atoms. The summed E-state index contributed by atoms with van der Waals surface area (Å²) in [6.45, 7) is 7.37. The van der Waals surface area contributed by atoms with Gasteiger partial charge in [-0.2, -0.15) is 0 Å². The standard InChI is InChI=1S/C16H25N3/c1-15(2)11-6-7-16(3,10-11)13(15)18-14-17-8-9-19(14)12-4-5-12/h8-9,11-13H,4-7,10H2,1-3H3,(H,17,18). The smallest absolute Gasteiger partial charge is 0.203 e. The normalized spacial score (nSPS) is 39.7. The first kappa shape index (κ1) is 11.8. The average molecular weight is 259 g/mol. The Hall–Kier alpha value is -0.990. The second-order valence-electron chi connectivity index (χ2n) is 7.88. The first-order chi connectivity index (χ1) is 9.01. The molecule has 3 atom stereocenters. The highest BCUT2D eigenvalue weighted by Gasteiger charge is 2.59. The molecule has 3 unspecified atom stereocenters. The van der Waals surface area contributed by atoms with Crippen LogP contribution in [-0.4, -0.2) is 15.6 Å². The van der Waals surface area contributed by atoms with Gasteiger partial charge >= 0.3 is 0 Å². The molecular weight excluding hydrogens is 234 g/mol. The Labute approximate surface area is 115 Å². The number of fused-ring (bicyclic) bond motifs is 2. The SMILES string of the molecule is CC12CCC(C1)C(C)(C)C2Nc1nccn1C1CC1. The Bertz CT molecular complexity index is 495. The molecule has 3 aliphatic carbocycles. The first-order valence-electron chi connectivity index (χ1n) is 7.80. The molecule has 1 N–H and O–H groups in total. The fourth-order valence-electron chi connectivity index (χ4n) is 4.86. The van der Waals surface area contributed by atoms with Crippen molar-refractivity contribution in [2.75, 3.05) is 5.32 Å². The van der Waals surface area contributed by atoms with Crippen LogP contribution in [0.15, 0.2) is 12.4 Å². The van der Waals surface area contributed by atoms with E-state index in [1.165, 1.54) is 32.1 Å². The zero-order valence-electron chi connectivity index (χ0n) is 12.3. The van der Waals surface area contributed by atoms with Gasteiger partial charge in [0, 0.05) is 24.5 Å². The average Bonchev–Trinajstić information content (AvgIpc) is 2.89. The lowest BCUT2D eigenvalue weighted by atomic mass is 9.68. The van der Waals surface area contributed by atoms with Crippen LogP contribution in [0.3, 0.4) is 0 Å². The number of imidazole rings is 1. The second kappa shape index (κ2) is 3.56. The Balaban J connectivity index is 1.63. The third kappa shape index (κ3) is 1.60. The Morgan fingerprint density at radius 3 is 2.68 bits per heavy atom. The van der Waals surface area contributed by atoms with E-state index in [9.17, 15) is 0 Å². The highest BCUT2D eigenvalue weighted by atomic mass is 15.2. The molecule has 3 fully saturated rings. The topological polar surface area (TPSA) is 29.9 Å². The molecule has 3 heteroatoms. The van der Waals surface area contributed by atoms with Crippen LogP contribution in [0, 0.1) is 16.7 Å². The van der Waals surface area contributed by atoms with Crippen LogP contribution in [0.2, 0.25) is 0 Å². The molecule has 1 aromatic rings. The van der Waals surface area contributed by atoms with E-state index < -0.39 is 0 Å². The van der Waals surface area contributed by atoms with E-state index in [-0.39, 0.29) is 0 Å². The third-order valence-corrected chi connectivity index (χ3v) is 6.15. The number of anilines is 1. The lowest BCUT2D eigenvalue weighted by molar-refractivity contribution is 0.154. The Morgan fingerprint density at radius 1 is 1.26 bits per heavy atom. The van der Waals surface area contributed by atoms with Gasteiger partial charge in [0.15, 0.2) is 0 Å². The van der Waals surface area contributed by atoms with Crippen molar-refractivity contribution in [1.82, 2.24) is 9.55 Å². The summed E-state index contributed by atoms with van der Waals surface area (Å²) in [6.07, 6.45) is 10.9. The van der Waals surface area contributed by atoms with Crippen molar-refractivity contribution in [2.24, 2.45) is 16.7 Å². The van der Waals surface area contributed by atoms with E-state index in [4.69, 9.17) is 0 Å². The van der Waals surface area contributed by atoms with Crippen molar-refractivity contribution in [1.29, 1.82) is 0 Å². The number of nitrogens with zero attached hydrogens (tertiary/aromatic N) is 2. The third-order valence-electron chi connectivity index (χ3n) is 6.15. The van der Waals surface area contributed by atoms with E-state index in [2.05, 4.69) is 41.8 Å². The summed E-state index contributed by atoms with van der Waals surface area (Å²) in [7, 11) is 0. The Kier molecular flexibility index (Phi) is 2.21. The maximum absolute atomic E-state index is 4.57. The van der Waals surface area contributed by atoms with Crippen molar-refractivity contribution in [3.8, 4) is 0 Å². The van der Waals surface area contributed by atoms with Crippen LogP contribution in [0.5, 0.6) is 0 Å². The maximum atomic E-state index is 4.57. The zero-order chi connectivity index (χ0) is 13.3. The van der Waals surface area contributed by atoms with E-state index >= 15 is 0 Å². The molecule has 1 heterocycles. The molecule has 0 amide bonds. The molecule has 0 aromatic carbocycles. The van der Waals surface area contributed by atoms with Gasteiger partial charge in [0.2, 0.25) is 5.95 Å². The molecule has 0 spiro atoms. The summed E-state index contributed by atoms with van der Waals surface area (Å²) >= 11 is 0. The summed E-state index contributed by atoms with van der Waals surface area (Å²) in [4.78, 5) is 4.57. The molecule has 0 saturated heterocycles. The first-order valence-corrected chi connectivity index (χ1v) is 7.80. The quantitative estimate of drug-likeness (QED) is 0.893. The minimum atomic E-state index is 0.396. The van der Waals surface area contributed by atoms with Gasteiger partial charge in [0.1, 0.15) is 0 Å². The second-order valence-corrected chi connectivity index (χ2v) is 7.88. The fourth-order valence-corrected chi connectivity index (χ4v) is 4.86. The summed E-state index contributed by atoms with van der Waals surface area (Å²) in [5.74, 6) is 1.99. The molecule has 3 aliphatic rings. The van der Waals surface area contributed by atoms with E-state index in [0.717, 1.165) is 11.9 Å². The zero-order valence-corrected chi connectivity index (χ0v) is 12.3. The highest BCUT2D eigenvalue weighted by molar-refractivity contribution is 5.34. The number of aromatic nitrogens is 2. The monoisotopic (exact) mass is 259 g/mol. The molecule has 0 radical (unpaired) electrons. The molecule has 0 aliphatic heterocycles. The van der Waals surface area contributed by atoms with Gasteiger partial charge in [0.05, 0.1) is 0 Å². The van der Waals surface area contributed by atoms with Crippen molar-refractivity contribution in [3.05, 3.63) is 12.4 Å². The van der Waals surface area contributed by atoms with Gasteiger partial charge in [-0.1, -0.05) is 20.8 Å². The fraction of sp³-hybridized carbons (Fsp3) is 0.812. The summed E-state index contributed by atoms with van der Waals surface area (Å²) in [5.41, 5.74) is 0.863. The summed E-state index contributed by atoms with van der Waals surface area (Å²) in [6, 6.07) is 1.28. The highest BCUT2D eigenvalue weighted by Crippen LogP contribution is 2.63. The predicted molar refractivity (Wildman–Crippen MR) is 77.1 cm³/mol. The lowest BCUT2D eigenvalue weighted by Crippen LogP contribution is -2.46. The molecule has 4 rings (SSSR count). The molecule has 104 valence electrons. The van der Waals surface area contributed by atoms with Crippen LogP contribution in [-0.2, 0) is 0 Å². The van der Waals surface area contributed by atoms with E-state index in [1.54, 1.807) is 0 Å². The summed E-state index contributed by atoms with van der Waals surface area (Å²) in [5, 5.41) is 3.82. The molecular formula is C16H25N3. The van der Waals surface area contributed by atoms with Crippen molar-refractivity contribution in [2.45, 2.75) is 65.0 Å². The number of nitrogens with one attached hydrogen (secondary N) is 1. The van der Waals surface area contributed by atoms with Gasteiger partial charge in [-0.05, 0) is 48.9 Å². The largest absolute Gasteiger partial charge is 0.352 e. The van der Waals surface area contributed by atoms with Gasteiger partial charge in [-0.25, -0.2) is 4.98 Å². The lowest BCUT2D eigenvalue weighted by Gasteiger charge is -2.43. The minimum Gasteiger partial charge on any atom is -0.352 e. The van der Waals surface area contributed by atoms with Gasteiger partial charge in [-0.3, -0.25) is 0 Å². The van der Waals surface area contributed by atoms with Crippen LogP contribution in [0.25, 0.3) is 0 Å². The van der Waals surface area contributed by atoms with Crippen LogP contribution < -0.4 is 5.32 Å². The number of hydrogen-bond acceptors (Lipinski definition) is 2. The van der Waals surface area contributed by atoms with Gasteiger partial charge in [-0.15, -0.1) is 0 Å². The molecule has 3 saturated carbocycles. The van der Waals surface area contributed by atoms with Crippen LogP contribution in [0.1, 0.15) is 58.9 Å². The maximum Gasteiger partial charge on any atom is 0.203 e. The molecule has 1 aromatic heterocycles. The van der Waals surface area contributed by atoms with Crippen LogP contribution in [0.4, 0.5) is 5.95 Å². The van der Waals surface area contributed by atoms with E-state index in [1.807, 2.05) is 6.20 Å². The van der Waals surface area contributed by atoms with Crippen molar-refractivity contribution < 1.29 is 0 Å². The van der Waals surface area contributed by atoms with E-state index in [0.29, 0.717) is 22.9 Å². The summed E-state index contributed by atoms with van der Waals surface area (Å²) < 4.78 is 2.35. The number of hydrogen-bond donors (Lipinski definition) is 1. The van der Waals surface area contributed by atoms with Crippen molar-refractivity contribution >= 4 is 5.95 Å².